The maximum absolute atomic E-state index is 12.6. The van der Waals surface area contributed by atoms with Gasteiger partial charge in [-0.05, 0) is 55.0 Å². The van der Waals surface area contributed by atoms with Crippen molar-refractivity contribution in [3.8, 4) is 5.75 Å². The highest BCUT2D eigenvalue weighted by atomic mass is 16.5. The second kappa shape index (κ2) is 8.68. The number of ether oxygens (including phenoxy) is 1. The number of piperidine rings is 1. The van der Waals surface area contributed by atoms with E-state index >= 15 is 0 Å². The van der Waals surface area contributed by atoms with Gasteiger partial charge in [0.05, 0.1) is 11.8 Å². The fourth-order valence-electron chi connectivity index (χ4n) is 3.83. The maximum atomic E-state index is 12.6. The average Bonchev–Trinajstić information content (AvgIpc) is 3.55. The van der Waals surface area contributed by atoms with Crippen LogP contribution in [0.25, 0.3) is 0 Å². The van der Waals surface area contributed by atoms with Gasteiger partial charge < -0.3 is 15.0 Å². The molecule has 5 nitrogen and oxygen atoms in total. The van der Waals surface area contributed by atoms with Crippen LogP contribution < -0.4 is 10.1 Å². The second-order valence-electron chi connectivity index (χ2n) is 8.24. The standard InChI is InChI=1S/C24H28N2O3/c1-17-11-13-26(14-12-17)24(28)22-15-21(22)23(27)25-19-7-9-20(10-8-19)29-16-18-5-3-2-4-6-18/h2-10,17,21-22H,11-16H2,1H3,(H,25,27). The molecule has 1 saturated carbocycles. The normalized spacial score (nSPS) is 21.5. The number of carbonyl (C=O) groups excluding carboxylic acids is 2. The summed E-state index contributed by atoms with van der Waals surface area (Å²) >= 11 is 0. The monoisotopic (exact) mass is 392 g/mol. The molecule has 2 aromatic carbocycles. The Morgan fingerprint density at radius 3 is 2.38 bits per heavy atom. The predicted molar refractivity (Wildman–Crippen MR) is 112 cm³/mol. The Labute approximate surface area is 172 Å². The summed E-state index contributed by atoms with van der Waals surface area (Å²) in [5.41, 5.74) is 1.84. The third-order valence-corrected chi connectivity index (χ3v) is 5.91. The van der Waals surface area contributed by atoms with Crippen LogP contribution in [0.5, 0.6) is 5.75 Å². The van der Waals surface area contributed by atoms with Crippen LogP contribution in [0.1, 0.15) is 31.7 Å². The molecule has 4 rings (SSSR count). The van der Waals surface area contributed by atoms with Crippen molar-refractivity contribution in [2.45, 2.75) is 32.8 Å². The molecule has 0 spiro atoms. The zero-order chi connectivity index (χ0) is 20.2. The van der Waals surface area contributed by atoms with Gasteiger partial charge in [0.25, 0.3) is 0 Å². The van der Waals surface area contributed by atoms with Crippen LogP contribution in [0.15, 0.2) is 54.6 Å². The number of nitrogens with one attached hydrogen (secondary N) is 1. The maximum Gasteiger partial charge on any atom is 0.228 e. The van der Waals surface area contributed by atoms with Crippen molar-refractivity contribution in [2.75, 3.05) is 18.4 Å². The minimum atomic E-state index is -0.198. The minimum Gasteiger partial charge on any atom is -0.489 e. The van der Waals surface area contributed by atoms with Gasteiger partial charge in [-0.25, -0.2) is 0 Å². The summed E-state index contributed by atoms with van der Waals surface area (Å²) in [6.45, 7) is 4.39. The lowest BCUT2D eigenvalue weighted by atomic mass is 9.99. The Hall–Kier alpha value is -2.82. The molecule has 0 bridgehead atoms. The number of hydrogen-bond acceptors (Lipinski definition) is 3. The Kier molecular flexibility index (Phi) is 5.84. The Morgan fingerprint density at radius 2 is 1.69 bits per heavy atom. The van der Waals surface area contributed by atoms with E-state index in [2.05, 4.69) is 12.2 Å². The highest BCUT2D eigenvalue weighted by Crippen LogP contribution is 2.41. The first-order chi connectivity index (χ1) is 14.1. The summed E-state index contributed by atoms with van der Waals surface area (Å²) in [7, 11) is 0. The molecule has 2 fully saturated rings. The predicted octanol–water partition coefficient (Wildman–Crippen LogP) is 4.10. The third kappa shape index (κ3) is 4.97. The number of likely N-dealkylation sites (tertiary alicyclic amines) is 1. The molecule has 0 radical (unpaired) electrons. The lowest BCUT2D eigenvalue weighted by molar-refractivity contribution is -0.135. The van der Waals surface area contributed by atoms with Crippen molar-refractivity contribution in [1.29, 1.82) is 0 Å². The quantitative estimate of drug-likeness (QED) is 0.805. The van der Waals surface area contributed by atoms with E-state index < -0.39 is 0 Å². The molecule has 1 N–H and O–H groups in total. The summed E-state index contributed by atoms with van der Waals surface area (Å²) in [6.07, 6.45) is 2.79. The lowest BCUT2D eigenvalue weighted by Crippen LogP contribution is -2.39. The molecule has 2 atom stereocenters. The fourth-order valence-corrected chi connectivity index (χ4v) is 3.83. The SMILES string of the molecule is CC1CCN(C(=O)C2CC2C(=O)Nc2ccc(OCc3ccccc3)cc2)CC1. The van der Waals surface area contributed by atoms with E-state index in [-0.39, 0.29) is 23.7 Å². The van der Waals surface area contributed by atoms with E-state index in [4.69, 9.17) is 4.74 Å². The first kappa shape index (κ1) is 19.5. The van der Waals surface area contributed by atoms with Crippen LogP contribution >= 0.6 is 0 Å². The van der Waals surface area contributed by atoms with Gasteiger partial charge in [0.2, 0.25) is 11.8 Å². The van der Waals surface area contributed by atoms with Gasteiger partial charge in [0, 0.05) is 18.8 Å². The van der Waals surface area contributed by atoms with E-state index in [0.29, 0.717) is 18.9 Å². The van der Waals surface area contributed by atoms with Gasteiger partial charge in [-0.1, -0.05) is 37.3 Å². The topological polar surface area (TPSA) is 58.6 Å². The van der Waals surface area contributed by atoms with Gasteiger partial charge in [0.15, 0.2) is 0 Å². The van der Waals surface area contributed by atoms with Crippen molar-refractivity contribution in [1.82, 2.24) is 4.90 Å². The van der Waals surface area contributed by atoms with Crippen LogP contribution in [0.2, 0.25) is 0 Å². The molecule has 2 aromatic rings. The second-order valence-corrected chi connectivity index (χ2v) is 8.24. The number of anilines is 1. The third-order valence-electron chi connectivity index (χ3n) is 5.91. The van der Waals surface area contributed by atoms with Crippen LogP contribution in [0.4, 0.5) is 5.69 Å². The molecule has 0 aromatic heterocycles. The number of rotatable bonds is 6. The number of benzene rings is 2. The number of carbonyl (C=O) groups is 2. The van der Waals surface area contributed by atoms with E-state index in [1.165, 1.54) is 0 Å². The van der Waals surface area contributed by atoms with Gasteiger partial charge in [-0.2, -0.15) is 0 Å². The Bertz CT molecular complexity index is 842. The molecule has 2 amide bonds. The summed E-state index contributed by atoms with van der Waals surface area (Å²) in [5.74, 6) is 1.20. The van der Waals surface area contributed by atoms with E-state index in [1.807, 2.05) is 59.5 Å². The highest BCUT2D eigenvalue weighted by Gasteiger charge is 2.49. The molecule has 29 heavy (non-hydrogen) atoms. The lowest BCUT2D eigenvalue weighted by Gasteiger charge is -2.30. The molecule has 2 unspecified atom stereocenters. The number of hydrogen-bond donors (Lipinski definition) is 1. The highest BCUT2D eigenvalue weighted by molar-refractivity contribution is 5.99. The summed E-state index contributed by atoms with van der Waals surface area (Å²) in [4.78, 5) is 27.0. The molecule has 1 saturated heterocycles. The first-order valence-electron chi connectivity index (χ1n) is 10.5. The molecule has 1 heterocycles. The molecule has 1 aliphatic heterocycles. The average molecular weight is 392 g/mol. The van der Waals surface area contributed by atoms with E-state index in [0.717, 1.165) is 42.9 Å². The van der Waals surface area contributed by atoms with Crippen molar-refractivity contribution < 1.29 is 14.3 Å². The van der Waals surface area contributed by atoms with Crippen molar-refractivity contribution in [2.24, 2.45) is 17.8 Å². The Balaban J connectivity index is 1.24. The van der Waals surface area contributed by atoms with E-state index in [9.17, 15) is 9.59 Å². The Morgan fingerprint density at radius 1 is 1.00 bits per heavy atom. The van der Waals surface area contributed by atoms with Crippen molar-refractivity contribution >= 4 is 17.5 Å². The number of amides is 2. The van der Waals surface area contributed by atoms with Crippen LogP contribution in [0, 0.1) is 17.8 Å². The molecular formula is C24H28N2O3. The van der Waals surface area contributed by atoms with Crippen molar-refractivity contribution in [3.05, 3.63) is 60.2 Å². The molecule has 5 heteroatoms. The molecule has 152 valence electrons. The zero-order valence-electron chi connectivity index (χ0n) is 16.8. The van der Waals surface area contributed by atoms with Gasteiger partial charge in [-0.3, -0.25) is 9.59 Å². The minimum absolute atomic E-state index is 0.0633. The van der Waals surface area contributed by atoms with Crippen LogP contribution in [-0.4, -0.2) is 29.8 Å². The smallest absolute Gasteiger partial charge is 0.228 e. The van der Waals surface area contributed by atoms with Gasteiger partial charge in [0.1, 0.15) is 12.4 Å². The molecule has 2 aliphatic rings. The zero-order valence-corrected chi connectivity index (χ0v) is 16.8. The first-order valence-corrected chi connectivity index (χ1v) is 10.5. The van der Waals surface area contributed by atoms with E-state index in [1.54, 1.807) is 0 Å². The largest absolute Gasteiger partial charge is 0.489 e. The van der Waals surface area contributed by atoms with Gasteiger partial charge >= 0.3 is 0 Å². The van der Waals surface area contributed by atoms with Crippen LogP contribution in [0.3, 0.4) is 0 Å². The van der Waals surface area contributed by atoms with Gasteiger partial charge in [-0.15, -0.1) is 0 Å². The molecule has 1 aliphatic carbocycles. The summed E-state index contributed by atoms with van der Waals surface area (Å²) < 4.78 is 5.77. The summed E-state index contributed by atoms with van der Waals surface area (Å²) in [5, 5.41) is 2.93. The fraction of sp³-hybridized carbons (Fsp3) is 0.417. The summed E-state index contributed by atoms with van der Waals surface area (Å²) in [6, 6.07) is 17.4. The van der Waals surface area contributed by atoms with Crippen molar-refractivity contribution in [3.63, 3.8) is 0 Å². The van der Waals surface area contributed by atoms with Crippen LogP contribution in [-0.2, 0) is 16.2 Å². The molecular weight excluding hydrogens is 364 g/mol. The number of nitrogens with zero attached hydrogens (tertiary/aromatic N) is 1.